The van der Waals surface area contributed by atoms with E-state index in [4.69, 9.17) is 4.98 Å². The topological polar surface area (TPSA) is 45.6 Å². The fourth-order valence-electron chi connectivity index (χ4n) is 6.14. The van der Waals surface area contributed by atoms with Gasteiger partial charge in [0, 0.05) is 36.0 Å². The second-order valence-electron chi connectivity index (χ2n) is 12.0. The Hall–Kier alpha value is -2.79. The summed E-state index contributed by atoms with van der Waals surface area (Å²) in [6.07, 6.45) is 20.4. The molecule has 0 radical (unpaired) electrons. The van der Waals surface area contributed by atoms with Gasteiger partial charge in [-0.15, -0.1) is 11.3 Å². The Balaban J connectivity index is 1.29. The number of hydrogen-bond donors (Lipinski definition) is 0. The fourth-order valence-corrected chi connectivity index (χ4v) is 7.20. The summed E-state index contributed by atoms with van der Waals surface area (Å²) in [6, 6.07) is 16.9. The van der Waals surface area contributed by atoms with Crippen molar-refractivity contribution in [2.24, 2.45) is 4.99 Å². The second kappa shape index (κ2) is 18.1. The van der Waals surface area contributed by atoms with E-state index in [9.17, 15) is 4.79 Å². The average molecular weight is 600 g/mol. The van der Waals surface area contributed by atoms with Crippen LogP contribution in [0.5, 0.6) is 0 Å². The minimum absolute atomic E-state index is 0.0123. The van der Waals surface area contributed by atoms with Gasteiger partial charge in [-0.1, -0.05) is 121 Å². The summed E-state index contributed by atoms with van der Waals surface area (Å²) in [5, 5.41) is 2.83. The zero-order valence-electron chi connectivity index (χ0n) is 27.0. The van der Waals surface area contributed by atoms with Gasteiger partial charge < -0.3 is 4.90 Å². The van der Waals surface area contributed by atoms with Crippen LogP contribution in [0, 0.1) is 0 Å². The van der Waals surface area contributed by atoms with Gasteiger partial charge in [0.25, 0.3) is 0 Å². The van der Waals surface area contributed by atoms with Gasteiger partial charge in [-0.2, -0.15) is 0 Å². The molecule has 2 aliphatic rings. The molecule has 0 bridgehead atoms. The van der Waals surface area contributed by atoms with Crippen molar-refractivity contribution in [3.63, 3.8) is 0 Å². The van der Waals surface area contributed by atoms with Crippen LogP contribution < -0.4 is 10.3 Å². The van der Waals surface area contributed by atoms with Gasteiger partial charge in [0.05, 0.1) is 26.1 Å². The van der Waals surface area contributed by atoms with E-state index < -0.39 is 0 Å². The first-order chi connectivity index (χ1) is 21.1. The molecule has 2 aromatic carbocycles. The lowest BCUT2D eigenvalue weighted by Crippen LogP contribution is -2.21. The molecule has 2 aromatic rings. The van der Waals surface area contributed by atoms with Crippen LogP contribution in [-0.4, -0.2) is 24.0 Å². The van der Waals surface area contributed by atoms with Crippen molar-refractivity contribution >= 4 is 43.9 Å². The van der Waals surface area contributed by atoms with E-state index in [-0.39, 0.29) is 5.91 Å². The van der Waals surface area contributed by atoms with Crippen LogP contribution in [0.1, 0.15) is 124 Å². The molecule has 0 saturated heterocycles. The molecule has 0 saturated carbocycles. The highest BCUT2D eigenvalue weighted by Crippen LogP contribution is 2.35. The van der Waals surface area contributed by atoms with Crippen LogP contribution in [0.4, 0.5) is 5.69 Å². The number of nitrogens with zero attached hydrogens (tertiary/aromatic N) is 3. The molecule has 1 aliphatic carbocycles. The number of fused-ring (bicyclic) bond motifs is 4. The standard InChI is InChI=1S/C38H53N3OS/c1-4-7-8-9-10-11-12-13-14-15-16-17-18-19-20-25-37(42)39-34-29-36-38(32-24-22-21-23-31(32)34)40-33-27-26-30(28-35(33)43-36)41(5-2)6-3/h21-24,26-29H,4-20,25H2,1-3H3. The summed E-state index contributed by atoms with van der Waals surface area (Å²) in [6.45, 7) is 8.61. The molecule has 43 heavy (non-hydrogen) atoms. The molecule has 0 fully saturated rings. The summed E-state index contributed by atoms with van der Waals surface area (Å²) < 4.78 is 1.15. The van der Waals surface area contributed by atoms with E-state index in [1.807, 2.05) is 12.1 Å². The molecule has 5 heteroatoms. The van der Waals surface area contributed by atoms with Crippen molar-refractivity contribution in [1.82, 2.24) is 4.98 Å². The average Bonchev–Trinajstić information content (AvgIpc) is 3.02. The first kappa shape index (κ1) is 33.1. The Morgan fingerprint density at radius 3 is 1.91 bits per heavy atom. The van der Waals surface area contributed by atoms with E-state index in [0.717, 1.165) is 62.8 Å². The summed E-state index contributed by atoms with van der Waals surface area (Å²) in [5.74, 6) is -0.0123. The number of carbonyl (C=O) groups excluding carboxylic acids is 1. The molecule has 1 heterocycles. The Kier molecular flexibility index (Phi) is 14.0. The van der Waals surface area contributed by atoms with Crippen molar-refractivity contribution in [3.05, 3.63) is 53.9 Å². The van der Waals surface area contributed by atoms with Crippen LogP contribution in [0.15, 0.2) is 53.5 Å². The lowest BCUT2D eigenvalue weighted by atomic mass is 10.0. The van der Waals surface area contributed by atoms with Crippen molar-refractivity contribution in [3.8, 4) is 10.6 Å². The Bertz CT molecular complexity index is 1450. The highest BCUT2D eigenvalue weighted by atomic mass is 32.1. The Morgan fingerprint density at radius 1 is 0.721 bits per heavy atom. The third-order valence-corrected chi connectivity index (χ3v) is 9.80. The van der Waals surface area contributed by atoms with Crippen LogP contribution in [0.25, 0.3) is 31.6 Å². The second-order valence-corrected chi connectivity index (χ2v) is 13.1. The number of rotatable bonds is 19. The van der Waals surface area contributed by atoms with Gasteiger partial charge in [0.1, 0.15) is 0 Å². The third-order valence-electron chi connectivity index (χ3n) is 8.72. The molecule has 4 nitrogen and oxygen atoms in total. The predicted octanol–water partition coefficient (Wildman–Crippen LogP) is 11.1. The zero-order chi connectivity index (χ0) is 30.3. The highest BCUT2D eigenvalue weighted by Gasteiger charge is 2.15. The molecular formula is C38H53N3OS. The number of unbranched alkanes of at least 4 members (excludes halogenated alkanes) is 14. The van der Waals surface area contributed by atoms with E-state index in [1.165, 1.54) is 89.2 Å². The Morgan fingerprint density at radius 2 is 1.30 bits per heavy atom. The smallest absolute Gasteiger partial charge is 0.246 e. The number of hydrogen-bond acceptors (Lipinski definition) is 4. The predicted molar refractivity (Wildman–Crippen MR) is 187 cm³/mol. The lowest BCUT2D eigenvalue weighted by molar-refractivity contribution is -0.118. The van der Waals surface area contributed by atoms with Gasteiger partial charge in [0.2, 0.25) is 5.91 Å². The SMILES string of the molecule is CCCCCCCCCCCCCCCCCC(=O)N=c1cc2sc3cc(N(CC)CC)ccc3nc-2c2ccccc12. The quantitative estimate of drug-likeness (QED) is 0.0612. The summed E-state index contributed by atoms with van der Waals surface area (Å²) in [7, 11) is 0. The van der Waals surface area contributed by atoms with Crippen LogP contribution in [0.2, 0.25) is 0 Å². The molecular weight excluding hydrogens is 547 g/mol. The molecule has 0 N–H and O–H groups in total. The Labute approximate surface area is 264 Å². The third kappa shape index (κ3) is 9.86. The first-order valence-corrected chi connectivity index (χ1v) is 18.0. The van der Waals surface area contributed by atoms with Crippen LogP contribution in [0.3, 0.4) is 0 Å². The normalized spacial score (nSPS) is 12.1. The monoisotopic (exact) mass is 599 g/mol. The summed E-state index contributed by atoms with van der Waals surface area (Å²) >= 11 is 1.74. The maximum absolute atomic E-state index is 12.9. The van der Waals surface area contributed by atoms with Crippen LogP contribution >= 0.6 is 11.3 Å². The molecule has 0 unspecified atom stereocenters. The molecule has 232 valence electrons. The maximum Gasteiger partial charge on any atom is 0.246 e. The first-order valence-electron chi connectivity index (χ1n) is 17.2. The molecule has 4 rings (SSSR count). The number of anilines is 1. The number of benzene rings is 3. The molecule has 0 atom stereocenters. The summed E-state index contributed by atoms with van der Waals surface area (Å²) in [4.78, 5) is 26.1. The maximum atomic E-state index is 12.9. The van der Waals surface area contributed by atoms with Gasteiger partial charge in [0.15, 0.2) is 0 Å². The van der Waals surface area contributed by atoms with E-state index >= 15 is 0 Å². The van der Waals surface area contributed by atoms with Gasteiger partial charge in [-0.05, 0) is 44.5 Å². The fraction of sp³-hybridized carbons (Fsp3) is 0.553. The lowest BCUT2D eigenvalue weighted by Gasteiger charge is -2.21. The van der Waals surface area contributed by atoms with E-state index in [2.05, 4.69) is 67.1 Å². The van der Waals surface area contributed by atoms with Crippen LogP contribution in [-0.2, 0) is 4.79 Å². The van der Waals surface area contributed by atoms with E-state index in [0.29, 0.717) is 6.42 Å². The van der Waals surface area contributed by atoms with Crippen molar-refractivity contribution < 1.29 is 4.79 Å². The van der Waals surface area contributed by atoms with Gasteiger partial charge in [-0.25, -0.2) is 9.98 Å². The molecule has 1 amide bonds. The highest BCUT2D eigenvalue weighted by molar-refractivity contribution is 7.21. The zero-order valence-corrected chi connectivity index (χ0v) is 27.8. The number of aromatic nitrogens is 1. The minimum atomic E-state index is -0.0123. The van der Waals surface area contributed by atoms with E-state index in [1.54, 1.807) is 11.3 Å². The van der Waals surface area contributed by atoms with Crippen molar-refractivity contribution in [2.45, 2.75) is 124 Å². The largest absolute Gasteiger partial charge is 0.372 e. The minimum Gasteiger partial charge on any atom is -0.372 e. The summed E-state index contributed by atoms with van der Waals surface area (Å²) in [5.41, 5.74) is 3.21. The number of amides is 1. The number of carbonyl (C=O) groups is 1. The van der Waals surface area contributed by atoms with Gasteiger partial charge in [-0.3, -0.25) is 4.79 Å². The molecule has 0 spiro atoms. The van der Waals surface area contributed by atoms with Gasteiger partial charge >= 0.3 is 0 Å². The molecule has 0 aromatic heterocycles. The molecule has 1 aliphatic heterocycles. The van der Waals surface area contributed by atoms with Crippen molar-refractivity contribution in [2.75, 3.05) is 18.0 Å². The van der Waals surface area contributed by atoms with Crippen molar-refractivity contribution in [1.29, 1.82) is 0 Å².